The maximum atomic E-state index is 11.4. The van der Waals surface area contributed by atoms with Crippen LogP contribution in [0.5, 0.6) is 0 Å². The number of hydrogen-bond acceptors (Lipinski definition) is 3. The van der Waals surface area contributed by atoms with Gasteiger partial charge in [0.1, 0.15) is 5.69 Å². The SMILES string of the molecule is CCCCOC(=O)c1cccc(C)n1. The Bertz CT molecular complexity index is 310. The summed E-state index contributed by atoms with van der Waals surface area (Å²) in [5.74, 6) is -0.331. The van der Waals surface area contributed by atoms with Crippen LogP contribution in [0.15, 0.2) is 18.2 Å². The summed E-state index contributed by atoms with van der Waals surface area (Å²) in [5, 5.41) is 0. The monoisotopic (exact) mass is 193 g/mol. The first-order valence-electron chi connectivity index (χ1n) is 4.85. The Morgan fingerprint density at radius 3 is 2.93 bits per heavy atom. The van der Waals surface area contributed by atoms with Crippen molar-refractivity contribution in [3.63, 3.8) is 0 Å². The highest BCUT2D eigenvalue weighted by atomic mass is 16.5. The molecule has 0 amide bonds. The van der Waals surface area contributed by atoms with Crippen molar-refractivity contribution in [3.8, 4) is 0 Å². The van der Waals surface area contributed by atoms with Gasteiger partial charge in [0.25, 0.3) is 0 Å². The zero-order valence-corrected chi connectivity index (χ0v) is 8.62. The Morgan fingerprint density at radius 1 is 1.50 bits per heavy atom. The van der Waals surface area contributed by atoms with E-state index in [9.17, 15) is 4.79 Å². The van der Waals surface area contributed by atoms with Crippen molar-refractivity contribution in [2.24, 2.45) is 0 Å². The van der Waals surface area contributed by atoms with Crippen molar-refractivity contribution in [2.75, 3.05) is 6.61 Å². The number of carbonyl (C=O) groups is 1. The van der Waals surface area contributed by atoms with Gasteiger partial charge in [0.15, 0.2) is 0 Å². The molecule has 0 saturated heterocycles. The molecule has 0 aliphatic heterocycles. The Kier molecular flexibility index (Phi) is 4.11. The Morgan fingerprint density at radius 2 is 2.29 bits per heavy atom. The molecule has 0 atom stereocenters. The third kappa shape index (κ3) is 3.17. The van der Waals surface area contributed by atoms with Crippen LogP contribution in [-0.4, -0.2) is 17.6 Å². The van der Waals surface area contributed by atoms with Gasteiger partial charge in [-0.3, -0.25) is 0 Å². The van der Waals surface area contributed by atoms with Crippen molar-refractivity contribution in [3.05, 3.63) is 29.6 Å². The molecule has 1 aromatic rings. The first-order chi connectivity index (χ1) is 6.74. The Labute approximate surface area is 84.1 Å². The van der Waals surface area contributed by atoms with Gasteiger partial charge in [0, 0.05) is 5.69 Å². The zero-order valence-electron chi connectivity index (χ0n) is 8.62. The van der Waals surface area contributed by atoms with Crippen LogP contribution in [0.1, 0.15) is 35.9 Å². The number of ether oxygens (including phenoxy) is 1. The number of rotatable bonds is 4. The molecule has 3 heteroatoms. The van der Waals surface area contributed by atoms with Crippen molar-refractivity contribution < 1.29 is 9.53 Å². The van der Waals surface area contributed by atoms with Gasteiger partial charge in [-0.05, 0) is 25.5 Å². The fourth-order valence-electron chi connectivity index (χ4n) is 1.04. The molecule has 0 fully saturated rings. The standard InChI is InChI=1S/C11H15NO2/c1-3-4-8-14-11(13)10-7-5-6-9(2)12-10/h5-7H,3-4,8H2,1-2H3. The molecule has 0 bridgehead atoms. The average molecular weight is 193 g/mol. The third-order valence-electron chi connectivity index (χ3n) is 1.83. The minimum absolute atomic E-state index is 0.331. The molecule has 3 nitrogen and oxygen atoms in total. The summed E-state index contributed by atoms with van der Waals surface area (Å²) in [6.45, 7) is 4.38. The molecule has 76 valence electrons. The predicted molar refractivity (Wildman–Crippen MR) is 54.2 cm³/mol. The van der Waals surface area contributed by atoms with E-state index < -0.39 is 0 Å². The largest absolute Gasteiger partial charge is 0.461 e. The third-order valence-corrected chi connectivity index (χ3v) is 1.83. The van der Waals surface area contributed by atoms with Crippen LogP contribution >= 0.6 is 0 Å². The van der Waals surface area contributed by atoms with Crippen LogP contribution in [0.3, 0.4) is 0 Å². The average Bonchev–Trinajstić information content (AvgIpc) is 2.18. The number of unbranched alkanes of at least 4 members (excludes halogenated alkanes) is 1. The first-order valence-corrected chi connectivity index (χ1v) is 4.85. The summed E-state index contributed by atoms with van der Waals surface area (Å²) in [7, 11) is 0. The van der Waals surface area contributed by atoms with Crippen LogP contribution in [0.4, 0.5) is 0 Å². The lowest BCUT2D eigenvalue weighted by Gasteiger charge is -2.03. The Hall–Kier alpha value is -1.38. The lowest BCUT2D eigenvalue weighted by Crippen LogP contribution is -2.08. The van der Waals surface area contributed by atoms with E-state index in [0.717, 1.165) is 18.5 Å². The van der Waals surface area contributed by atoms with E-state index in [1.165, 1.54) is 0 Å². The van der Waals surface area contributed by atoms with Crippen molar-refractivity contribution in [1.29, 1.82) is 0 Å². The maximum Gasteiger partial charge on any atom is 0.356 e. The van der Waals surface area contributed by atoms with Gasteiger partial charge in [-0.2, -0.15) is 0 Å². The molecule has 0 spiro atoms. The van der Waals surface area contributed by atoms with Gasteiger partial charge in [-0.25, -0.2) is 9.78 Å². The fourth-order valence-corrected chi connectivity index (χ4v) is 1.04. The van der Waals surface area contributed by atoms with Gasteiger partial charge >= 0.3 is 5.97 Å². The van der Waals surface area contributed by atoms with E-state index in [1.807, 2.05) is 13.0 Å². The van der Waals surface area contributed by atoms with Crippen LogP contribution in [0.2, 0.25) is 0 Å². The van der Waals surface area contributed by atoms with Crippen LogP contribution in [0, 0.1) is 6.92 Å². The van der Waals surface area contributed by atoms with Crippen molar-refractivity contribution in [2.45, 2.75) is 26.7 Å². The molecule has 0 aliphatic carbocycles. The molecular formula is C11H15NO2. The van der Waals surface area contributed by atoms with Crippen molar-refractivity contribution in [1.82, 2.24) is 4.98 Å². The van der Waals surface area contributed by atoms with Crippen LogP contribution in [-0.2, 0) is 4.74 Å². The first kappa shape index (κ1) is 10.7. The number of carbonyl (C=O) groups excluding carboxylic acids is 1. The van der Waals surface area contributed by atoms with Gasteiger partial charge in [0.2, 0.25) is 0 Å². The minimum atomic E-state index is -0.331. The molecule has 0 aliphatic rings. The summed E-state index contributed by atoms with van der Waals surface area (Å²) in [6, 6.07) is 5.32. The van der Waals surface area contributed by atoms with Crippen LogP contribution in [0.25, 0.3) is 0 Å². The molecule has 0 unspecified atom stereocenters. The van der Waals surface area contributed by atoms with Gasteiger partial charge < -0.3 is 4.74 Å². The molecule has 1 rings (SSSR count). The molecule has 14 heavy (non-hydrogen) atoms. The molecule has 1 heterocycles. The molecule has 0 aromatic carbocycles. The fraction of sp³-hybridized carbons (Fsp3) is 0.455. The van der Waals surface area contributed by atoms with Gasteiger partial charge in [-0.15, -0.1) is 0 Å². The van der Waals surface area contributed by atoms with E-state index in [4.69, 9.17) is 4.74 Å². The number of aryl methyl sites for hydroxylation is 1. The van der Waals surface area contributed by atoms with E-state index >= 15 is 0 Å². The summed E-state index contributed by atoms with van der Waals surface area (Å²) < 4.78 is 5.02. The predicted octanol–water partition coefficient (Wildman–Crippen LogP) is 2.35. The molecule has 1 aromatic heterocycles. The lowest BCUT2D eigenvalue weighted by atomic mass is 10.3. The second-order valence-electron chi connectivity index (χ2n) is 3.15. The summed E-state index contributed by atoms with van der Waals surface area (Å²) in [6.07, 6.45) is 1.92. The highest BCUT2D eigenvalue weighted by Crippen LogP contribution is 2.01. The van der Waals surface area contributed by atoms with E-state index in [2.05, 4.69) is 11.9 Å². The second-order valence-corrected chi connectivity index (χ2v) is 3.15. The van der Waals surface area contributed by atoms with E-state index in [0.29, 0.717) is 12.3 Å². The zero-order chi connectivity index (χ0) is 10.4. The normalized spacial score (nSPS) is 9.86. The van der Waals surface area contributed by atoms with Gasteiger partial charge in [-0.1, -0.05) is 19.4 Å². The van der Waals surface area contributed by atoms with E-state index in [-0.39, 0.29) is 5.97 Å². The number of aromatic nitrogens is 1. The smallest absolute Gasteiger partial charge is 0.356 e. The molecule has 0 N–H and O–H groups in total. The van der Waals surface area contributed by atoms with Gasteiger partial charge in [0.05, 0.1) is 6.61 Å². The lowest BCUT2D eigenvalue weighted by molar-refractivity contribution is 0.0492. The summed E-state index contributed by atoms with van der Waals surface area (Å²) in [4.78, 5) is 15.5. The van der Waals surface area contributed by atoms with E-state index in [1.54, 1.807) is 12.1 Å². The summed E-state index contributed by atoms with van der Waals surface area (Å²) >= 11 is 0. The van der Waals surface area contributed by atoms with Crippen molar-refractivity contribution >= 4 is 5.97 Å². The minimum Gasteiger partial charge on any atom is -0.461 e. The second kappa shape index (κ2) is 5.37. The maximum absolute atomic E-state index is 11.4. The quantitative estimate of drug-likeness (QED) is 0.544. The molecular weight excluding hydrogens is 178 g/mol. The topological polar surface area (TPSA) is 39.2 Å². The highest BCUT2D eigenvalue weighted by molar-refractivity contribution is 5.87. The highest BCUT2D eigenvalue weighted by Gasteiger charge is 2.07. The number of hydrogen-bond donors (Lipinski definition) is 0. The Balaban J connectivity index is 2.52. The molecule has 0 radical (unpaired) electrons. The number of nitrogens with zero attached hydrogens (tertiary/aromatic N) is 1. The molecule has 0 saturated carbocycles. The summed E-state index contributed by atoms with van der Waals surface area (Å²) in [5.41, 5.74) is 1.22. The number of esters is 1. The number of pyridine rings is 1. The van der Waals surface area contributed by atoms with Crippen LogP contribution < -0.4 is 0 Å².